The number of fused-ring (bicyclic) bond motifs is 1. The van der Waals surface area contributed by atoms with Crippen molar-refractivity contribution in [2.45, 2.75) is 57.0 Å². The van der Waals surface area contributed by atoms with E-state index in [1.54, 1.807) is 0 Å². The summed E-state index contributed by atoms with van der Waals surface area (Å²) in [5.41, 5.74) is 0.782. The number of nitrogens with one attached hydrogen (secondary N) is 1. The average molecular weight is 317 g/mol. The molecule has 1 saturated carbocycles. The van der Waals surface area contributed by atoms with Crippen molar-refractivity contribution in [1.82, 2.24) is 10.2 Å². The Hall–Kier alpha value is -1.38. The van der Waals surface area contributed by atoms with Gasteiger partial charge in [-0.3, -0.25) is 9.69 Å². The molecule has 1 fully saturated rings. The molecule has 1 N–H and O–H groups in total. The highest BCUT2D eigenvalue weighted by Gasteiger charge is 2.36. The summed E-state index contributed by atoms with van der Waals surface area (Å²) in [6.07, 6.45) is 5.70. The van der Waals surface area contributed by atoms with E-state index in [-0.39, 0.29) is 5.91 Å². The first-order valence-corrected chi connectivity index (χ1v) is 9.08. The van der Waals surface area contributed by atoms with E-state index in [1.807, 2.05) is 11.3 Å². The summed E-state index contributed by atoms with van der Waals surface area (Å²) in [6.45, 7) is 3.51. The predicted octanol–water partition coefficient (Wildman–Crippen LogP) is 3.01. The number of rotatable bonds is 4. The lowest BCUT2D eigenvalue weighted by molar-refractivity contribution is -0.124. The van der Waals surface area contributed by atoms with Gasteiger partial charge < -0.3 is 5.32 Å². The summed E-state index contributed by atoms with van der Waals surface area (Å²) in [5.74, 6) is 0.000537. The number of hydrogen-bond acceptors (Lipinski definition) is 4. The molecule has 1 atom stereocenters. The Balaban J connectivity index is 1.66. The number of carbonyl (C=O) groups is 1. The zero-order valence-electron chi connectivity index (χ0n) is 13.1. The summed E-state index contributed by atoms with van der Waals surface area (Å²) < 4.78 is 0. The monoisotopic (exact) mass is 317 g/mol. The third kappa shape index (κ3) is 2.90. The van der Waals surface area contributed by atoms with Crippen molar-refractivity contribution in [2.24, 2.45) is 0 Å². The number of thiophene rings is 1. The molecular weight excluding hydrogens is 294 g/mol. The molecule has 118 valence electrons. The SMILES string of the molecule is CC[C@@H]1c2ccsc2CCN1CC(=O)NC1(C#N)CCCC1. The van der Waals surface area contributed by atoms with Gasteiger partial charge in [0, 0.05) is 17.5 Å². The Morgan fingerprint density at radius 1 is 1.55 bits per heavy atom. The van der Waals surface area contributed by atoms with Gasteiger partial charge in [-0.25, -0.2) is 0 Å². The maximum absolute atomic E-state index is 12.4. The number of nitrogens with zero attached hydrogens (tertiary/aromatic N) is 2. The van der Waals surface area contributed by atoms with Crippen LogP contribution in [-0.4, -0.2) is 29.4 Å². The first-order valence-electron chi connectivity index (χ1n) is 8.20. The van der Waals surface area contributed by atoms with Crippen molar-refractivity contribution in [3.63, 3.8) is 0 Å². The Morgan fingerprint density at radius 3 is 3.00 bits per heavy atom. The van der Waals surface area contributed by atoms with Gasteiger partial charge in [-0.15, -0.1) is 11.3 Å². The molecule has 1 aliphatic carbocycles. The number of hydrogen-bond donors (Lipinski definition) is 1. The summed E-state index contributed by atoms with van der Waals surface area (Å²) in [6, 6.07) is 4.87. The smallest absolute Gasteiger partial charge is 0.235 e. The fourth-order valence-corrected chi connectivity index (χ4v) is 4.78. The van der Waals surface area contributed by atoms with Gasteiger partial charge in [0.15, 0.2) is 0 Å². The molecule has 1 aliphatic heterocycles. The van der Waals surface area contributed by atoms with Crippen LogP contribution in [0.15, 0.2) is 11.4 Å². The Bertz CT molecular complexity index is 583. The van der Waals surface area contributed by atoms with Gasteiger partial charge in [0.2, 0.25) is 5.91 Å². The standard InChI is InChI=1S/C17H23N3OS/c1-2-14-13-6-10-22-15(13)5-9-20(14)11-16(21)19-17(12-18)7-3-4-8-17/h6,10,14H,2-5,7-9,11H2,1H3,(H,19,21)/t14-/m1/s1. The Kier molecular flexibility index (Phi) is 4.51. The molecule has 2 aliphatic rings. The first kappa shape index (κ1) is 15.5. The van der Waals surface area contributed by atoms with Crippen molar-refractivity contribution in [2.75, 3.05) is 13.1 Å². The molecule has 22 heavy (non-hydrogen) atoms. The molecule has 5 heteroatoms. The number of amides is 1. The lowest BCUT2D eigenvalue weighted by Crippen LogP contribution is -2.50. The largest absolute Gasteiger partial charge is 0.337 e. The molecule has 1 aromatic heterocycles. The van der Waals surface area contributed by atoms with E-state index in [1.165, 1.54) is 10.4 Å². The Labute approximate surface area is 136 Å². The van der Waals surface area contributed by atoms with Crippen LogP contribution in [0.1, 0.15) is 55.5 Å². The van der Waals surface area contributed by atoms with Gasteiger partial charge in [0.1, 0.15) is 5.54 Å². The van der Waals surface area contributed by atoms with Gasteiger partial charge >= 0.3 is 0 Å². The van der Waals surface area contributed by atoms with Crippen LogP contribution < -0.4 is 5.32 Å². The van der Waals surface area contributed by atoms with Crippen LogP contribution >= 0.6 is 11.3 Å². The molecule has 4 nitrogen and oxygen atoms in total. The van der Waals surface area contributed by atoms with E-state index < -0.39 is 5.54 Å². The van der Waals surface area contributed by atoms with Crippen LogP contribution in [-0.2, 0) is 11.2 Å². The fourth-order valence-electron chi connectivity index (χ4n) is 3.85. The zero-order chi connectivity index (χ0) is 15.6. The summed E-state index contributed by atoms with van der Waals surface area (Å²) in [4.78, 5) is 16.2. The van der Waals surface area contributed by atoms with Gasteiger partial charge in [-0.2, -0.15) is 5.26 Å². The molecule has 1 aromatic rings. The van der Waals surface area contributed by atoms with Crippen molar-refractivity contribution in [1.29, 1.82) is 5.26 Å². The van der Waals surface area contributed by atoms with Crippen LogP contribution in [0.4, 0.5) is 0 Å². The van der Waals surface area contributed by atoms with Crippen molar-refractivity contribution in [3.8, 4) is 6.07 Å². The summed E-state index contributed by atoms with van der Waals surface area (Å²) in [7, 11) is 0. The predicted molar refractivity (Wildman–Crippen MR) is 87.6 cm³/mol. The minimum Gasteiger partial charge on any atom is -0.337 e. The van der Waals surface area contributed by atoms with Crippen molar-refractivity contribution in [3.05, 3.63) is 21.9 Å². The minimum absolute atomic E-state index is 0.000537. The minimum atomic E-state index is -0.609. The van der Waals surface area contributed by atoms with Crippen molar-refractivity contribution >= 4 is 17.2 Å². The van der Waals surface area contributed by atoms with Gasteiger partial charge in [-0.05, 0) is 55.5 Å². The lowest BCUT2D eigenvalue weighted by atomic mass is 9.97. The quantitative estimate of drug-likeness (QED) is 0.928. The molecule has 0 bridgehead atoms. The molecule has 2 heterocycles. The summed E-state index contributed by atoms with van der Waals surface area (Å²) >= 11 is 1.82. The molecular formula is C17H23N3OS. The fraction of sp³-hybridized carbons (Fsp3) is 0.647. The third-order valence-electron chi connectivity index (χ3n) is 4.99. The van der Waals surface area contributed by atoms with E-state index in [2.05, 4.69) is 34.7 Å². The van der Waals surface area contributed by atoms with Crippen LogP contribution in [0.2, 0.25) is 0 Å². The van der Waals surface area contributed by atoms with Crippen LogP contribution in [0.5, 0.6) is 0 Å². The van der Waals surface area contributed by atoms with Crippen molar-refractivity contribution < 1.29 is 4.79 Å². The van der Waals surface area contributed by atoms with Crippen LogP contribution in [0.25, 0.3) is 0 Å². The molecule has 0 aromatic carbocycles. The van der Waals surface area contributed by atoms with Gasteiger partial charge in [0.25, 0.3) is 0 Å². The second kappa shape index (κ2) is 6.39. The summed E-state index contributed by atoms with van der Waals surface area (Å²) in [5, 5.41) is 14.6. The highest BCUT2D eigenvalue weighted by Crippen LogP contribution is 2.35. The lowest BCUT2D eigenvalue weighted by Gasteiger charge is -2.35. The van der Waals surface area contributed by atoms with E-state index in [9.17, 15) is 10.1 Å². The second-order valence-electron chi connectivity index (χ2n) is 6.39. The van der Waals surface area contributed by atoms with E-state index in [0.717, 1.165) is 45.1 Å². The van der Waals surface area contributed by atoms with Gasteiger partial charge in [0.05, 0.1) is 12.6 Å². The number of carbonyl (C=O) groups excluding carboxylic acids is 1. The average Bonchev–Trinajstić information content (AvgIpc) is 3.16. The number of nitriles is 1. The maximum atomic E-state index is 12.4. The van der Waals surface area contributed by atoms with E-state index in [4.69, 9.17) is 0 Å². The first-order chi connectivity index (χ1) is 10.7. The normalized spacial score (nSPS) is 23.7. The molecule has 1 amide bonds. The molecule has 0 unspecified atom stereocenters. The van der Waals surface area contributed by atoms with E-state index >= 15 is 0 Å². The van der Waals surface area contributed by atoms with Crippen LogP contribution in [0, 0.1) is 11.3 Å². The topological polar surface area (TPSA) is 56.1 Å². The Morgan fingerprint density at radius 2 is 2.32 bits per heavy atom. The highest BCUT2D eigenvalue weighted by molar-refractivity contribution is 7.10. The highest BCUT2D eigenvalue weighted by atomic mass is 32.1. The van der Waals surface area contributed by atoms with E-state index in [0.29, 0.717) is 12.6 Å². The zero-order valence-corrected chi connectivity index (χ0v) is 13.9. The third-order valence-corrected chi connectivity index (χ3v) is 5.99. The molecule has 0 radical (unpaired) electrons. The van der Waals surface area contributed by atoms with Crippen LogP contribution in [0.3, 0.4) is 0 Å². The molecule has 0 spiro atoms. The molecule has 0 saturated heterocycles. The molecule has 3 rings (SSSR count). The second-order valence-corrected chi connectivity index (χ2v) is 7.39. The van der Waals surface area contributed by atoms with Gasteiger partial charge in [-0.1, -0.05) is 6.92 Å². The maximum Gasteiger partial charge on any atom is 0.235 e.